The van der Waals surface area contributed by atoms with Gasteiger partial charge in [0.05, 0.1) is 25.7 Å². The third-order valence-electron chi connectivity index (χ3n) is 5.02. The molecule has 0 bridgehead atoms. The van der Waals surface area contributed by atoms with Crippen LogP contribution >= 0.6 is 0 Å². The largest absolute Gasteiger partial charge is 0.469 e. The summed E-state index contributed by atoms with van der Waals surface area (Å²) in [5, 5.41) is 0.899. The first-order valence-electron chi connectivity index (χ1n) is 8.41. The Morgan fingerprint density at radius 1 is 1.17 bits per heavy atom. The van der Waals surface area contributed by atoms with E-state index in [4.69, 9.17) is 9.47 Å². The molecule has 1 aliphatic rings. The molecule has 1 atom stereocenters. The number of ether oxygens (including phenoxy) is 2. The number of rotatable bonds is 4. The van der Waals surface area contributed by atoms with Crippen LogP contribution in [0.1, 0.15) is 43.6 Å². The van der Waals surface area contributed by atoms with E-state index in [1.807, 2.05) is 24.3 Å². The summed E-state index contributed by atoms with van der Waals surface area (Å²) >= 11 is 0. The molecule has 2 aromatic rings. The fourth-order valence-electron chi connectivity index (χ4n) is 3.80. The van der Waals surface area contributed by atoms with Gasteiger partial charge < -0.3 is 9.47 Å². The smallest absolute Gasteiger partial charge is 0.418 e. The number of carbonyl (C=O) groups is 2. The number of aromatic nitrogens is 1. The topological polar surface area (TPSA) is 57.5 Å². The summed E-state index contributed by atoms with van der Waals surface area (Å²) in [5.74, 6) is -0.0575. The van der Waals surface area contributed by atoms with Crippen molar-refractivity contribution < 1.29 is 19.1 Å². The molecule has 1 saturated carbocycles. The third kappa shape index (κ3) is 3.03. The van der Waals surface area contributed by atoms with Crippen molar-refractivity contribution in [1.82, 2.24) is 4.57 Å². The minimum Gasteiger partial charge on any atom is -0.469 e. The van der Waals surface area contributed by atoms with Crippen molar-refractivity contribution in [2.24, 2.45) is 5.92 Å². The summed E-state index contributed by atoms with van der Waals surface area (Å²) in [6, 6.07) is 7.58. The molecule has 3 rings (SSSR count). The summed E-state index contributed by atoms with van der Waals surface area (Å²) in [5.41, 5.74) is 1.59. The molecular formula is C19H23NO4. The molecule has 1 aromatic carbocycles. The van der Waals surface area contributed by atoms with Gasteiger partial charge >= 0.3 is 12.1 Å². The van der Waals surface area contributed by atoms with Gasteiger partial charge in [-0.2, -0.15) is 0 Å². The van der Waals surface area contributed by atoms with Crippen LogP contribution in [0, 0.1) is 5.92 Å². The molecule has 24 heavy (non-hydrogen) atoms. The van der Waals surface area contributed by atoms with E-state index in [0.717, 1.165) is 35.7 Å². The van der Waals surface area contributed by atoms with Crippen molar-refractivity contribution in [3.8, 4) is 0 Å². The van der Waals surface area contributed by atoms with Crippen LogP contribution < -0.4 is 0 Å². The second-order valence-electron chi connectivity index (χ2n) is 6.40. The van der Waals surface area contributed by atoms with Gasteiger partial charge in [-0.25, -0.2) is 4.79 Å². The maximum absolute atomic E-state index is 12.4. The summed E-state index contributed by atoms with van der Waals surface area (Å²) in [4.78, 5) is 24.5. The van der Waals surface area contributed by atoms with Crippen LogP contribution in [0.3, 0.4) is 0 Å². The Bertz CT molecular complexity index is 743. The van der Waals surface area contributed by atoms with Crippen molar-refractivity contribution in [3.05, 3.63) is 36.0 Å². The second-order valence-corrected chi connectivity index (χ2v) is 6.40. The number of esters is 1. The predicted octanol–water partition coefficient (Wildman–Crippen LogP) is 4.09. The number of hydrogen-bond acceptors (Lipinski definition) is 4. The van der Waals surface area contributed by atoms with E-state index in [-0.39, 0.29) is 11.9 Å². The fraction of sp³-hybridized carbons (Fsp3) is 0.474. The minimum absolute atomic E-state index is 0.241. The minimum atomic E-state index is -0.457. The SMILES string of the molecule is COC(=O)C(CC1CCCC1)c1cn(C(=O)OC)c2ccccc12. The van der Waals surface area contributed by atoms with E-state index in [9.17, 15) is 9.59 Å². The molecule has 0 saturated heterocycles. The van der Waals surface area contributed by atoms with Crippen LogP contribution in [0.15, 0.2) is 30.5 Å². The van der Waals surface area contributed by atoms with Gasteiger partial charge in [0.2, 0.25) is 0 Å². The lowest BCUT2D eigenvalue weighted by Gasteiger charge is -2.18. The molecule has 1 aromatic heterocycles. The summed E-state index contributed by atoms with van der Waals surface area (Å²) in [6.45, 7) is 0. The molecule has 1 aliphatic carbocycles. The Hall–Kier alpha value is -2.30. The Morgan fingerprint density at radius 2 is 1.88 bits per heavy atom. The molecule has 128 valence electrons. The van der Waals surface area contributed by atoms with Crippen LogP contribution in [0.25, 0.3) is 10.9 Å². The van der Waals surface area contributed by atoms with Crippen molar-refractivity contribution in [3.63, 3.8) is 0 Å². The number of benzene rings is 1. The van der Waals surface area contributed by atoms with Gasteiger partial charge in [0.25, 0.3) is 0 Å². The zero-order valence-electron chi connectivity index (χ0n) is 14.2. The number of fused-ring (bicyclic) bond motifs is 1. The van der Waals surface area contributed by atoms with Crippen molar-refractivity contribution in [2.45, 2.75) is 38.0 Å². The molecule has 1 fully saturated rings. The Labute approximate surface area is 141 Å². The second kappa shape index (κ2) is 7.07. The predicted molar refractivity (Wildman–Crippen MR) is 91.1 cm³/mol. The van der Waals surface area contributed by atoms with Crippen LogP contribution in [-0.4, -0.2) is 30.8 Å². The molecule has 1 unspecified atom stereocenters. The monoisotopic (exact) mass is 329 g/mol. The van der Waals surface area contributed by atoms with Crippen LogP contribution in [0.5, 0.6) is 0 Å². The number of nitrogens with zero attached hydrogens (tertiary/aromatic N) is 1. The zero-order valence-corrected chi connectivity index (χ0v) is 14.2. The van der Waals surface area contributed by atoms with Crippen molar-refractivity contribution >= 4 is 23.0 Å². The lowest BCUT2D eigenvalue weighted by Crippen LogP contribution is -2.17. The van der Waals surface area contributed by atoms with Crippen LogP contribution in [-0.2, 0) is 14.3 Å². The first-order valence-corrected chi connectivity index (χ1v) is 8.41. The van der Waals surface area contributed by atoms with Crippen molar-refractivity contribution in [2.75, 3.05) is 14.2 Å². The van der Waals surface area contributed by atoms with Gasteiger partial charge in [0.15, 0.2) is 0 Å². The number of hydrogen-bond donors (Lipinski definition) is 0. The summed E-state index contributed by atoms with van der Waals surface area (Å²) in [7, 11) is 2.77. The van der Waals surface area contributed by atoms with Gasteiger partial charge in [-0.1, -0.05) is 43.9 Å². The normalized spacial score (nSPS) is 16.2. The first kappa shape index (κ1) is 16.6. The van der Waals surface area contributed by atoms with Gasteiger partial charge in [-0.15, -0.1) is 0 Å². The van der Waals surface area contributed by atoms with Gasteiger partial charge in [-0.3, -0.25) is 9.36 Å². The maximum Gasteiger partial charge on any atom is 0.418 e. The summed E-state index contributed by atoms with van der Waals surface area (Å²) in [6.07, 6.45) is 6.80. The van der Waals surface area contributed by atoms with E-state index >= 15 is 0 Å². The third-order valence-corrected chi connectivity index (χ3v) is 5.02. The molecule has 0 amide bonds. The van der Waals surface area contributed by atoms with Crippen LogP contribution in [0.2, 0.25) is 0 Å². The van der Waals surface area contributed by atoms with E-state index in [1.165, 1.54) is 31.6 Å². The van der Waals surface area contributed by atoms with E-state index < -0.39 is 6.09 Å². The first-order chi connectivity index (χ1) is 11.7. The highest BCUT2D eigenvalue weighted by Crippen LogP contribution is 2.37. The fourth-order valence-corrected chi connectivity index (χ4v) is 3.80. The lowest BCUT2D eigenvalue weighted by molar-refractivity contribution is -0.142. The molecule has 0 spiro atoms. The number of carbonyl (C=O) groups excluding carboxylic acids is 2. The Balaban J connectivity index is 2.06. The van der Waals surface area contributed by atoms with E-state index in [2.05, 4.69) is 0 Å². The molecule has 5 heteroatoms. The zero-order chi connectivity index (χ0) is 17.1. The maximum atomic E-state index is 12.4. The molecule has 5 nitrogen and oxygen atoms in total. The standard InChI is InChI=1S/C19H23NO4/c1-23-18(21)15(11-13-7-3-4-8-13)16-12-20(19(22)24-2)17-10-6-5-9-14(16)17/h5-6,9-10,12-13,15H,3-4,7-8,11H2,1-2H3. The van der Waals surface area contributed by atoms with Gasteiger partial charge in [-0.05, 0) is 24.0 Å². The molecule has 0 N–H and O–H groups in total. The molecule has 0 aliphatic heterocycles. The average molecular weight is 329 g/mol. The van der Waals surface area contributed by atoms with E-state index in [0.29, 0.717) is 5.92 Å². The highest BCUT2D eigenvalue weighted by molar-refractivity contribution is 5.95. The average Bonchev–Trinajstić information content (AvgIpc) is 3.26. The molecular weight excluding hydrogens is 306 g/mol. The summed E-state index contributed by atoms with van der Waals surface area (Å²) < 4.78 is 11.4. The molecule has 0 radical (unpaired) electrons. The number of para-hydroxylation sites is 1. The van der Waals surface area contributed by atoms with E-state index in [1.54, 1.807) is 6.20 Å². The Kier molecular flexibility index (Phi) is 4.88. The highest BCUT2D eigenvalue weighted by Gasteiger charge is 2.30. The van der Waals surface area contributed by atoms with Gasteiger partial charge in [0, 0.05) is 11.6 Å². The Morgan fingerprint density at radius 3 is 2.54 bits per heavy atom. The highest BCUT2D eigenvalue weighted by atomic mass is 16.5. The lowest BCUT2D eigenvalue weighted by atomic mass is 9.88. The van der Waals surface area contributed by atoms with Crippen LogP contribution in [0.4, 0.5) is 4.79 Å². The molecule has 1 heterocycles. The quantitative estimate of drug-likeness (QED) is 0.793. The number of methoxy groups -OCH3 is 2. The van der Waals surface area contributed by atoms with Gasteiger partial charge in [0.1, 0.15) is 0 Å². The van der Waals surface area contributed by atoms with Crippen molar-refractivity contribution in [1.29, 1.82) is 0 Å².